The summed E-state index contributed by atoms with van der Waals surface area (Å²) >= 11 is 1.74. The number of amides is 1. The van der Waals surface area contributed by atoms with Crippen molar-refractivity contribution in [3.63, 3.8) is 0 Å². The molecule has 5 heteroatoms. The molecule has 4 nitrogen and oxygen atoms in total. The molecule has 1 unspecified atom stereocenters. The van der Waals surface area contributed by atoms with Crippen molar-refractivity contribution in [1.29, 1.82) is 0 Å². The fraction of sp³-hybridized carbons (Fsp3) is 0.389. The Labute approximate surface area is 139 Å². The van der Waals surface area contributed by atoms with Gasteiger partial charge in [0.1, 0.15) is 6.61 Å². The van der Waals surface area contributed by atoms with E-state index in [1.54, 1.807) is 11.3 Å². The van der Waals surface area contributed by atoms with E-state index in [0.717, 1.165) is 25.8 Å². The average molecular weight is 329 g/mol. The highest BCUT2D eigenvalue weighted by Gasteiger charge is 2.38. The summed E-state index contributed by atoms with van der Waals surface area (Å²) in [5.74, 6) is 1.43. The Morgan fingerprint density at radius 1 is 1.17 bits per heavy atom. The first kappa shape index (κ1) is 14.6. The van der Waals surface area contributed by atoms with Crippen molar-refractivity contribution >= 4 is 17.2 Å². The predicted octanol–water partition coefficient (Wildman–Crippen LogP) is 3.12. The quantitative estimate of drug-likeness (QED) is 0.846. The highest BCUT2D eigenvalue weighted by Crippen LogP contribution is 2.33. The number of para-hydroxylation sites is 2. The summed E-state index contributed by atoms with van der Waals surface area (Å²) in [6.45, 7) is 1.05. The number of hydrogen-bond donors (Lipinski definition) is 0. The Morgan fingerprint density at radius 3 is 2.74 bits per heavy atom. The number of nitrogens with zero attached hydrogens (tertiary/aromatic N) is 1. The molecule has 0 N–H and O–H groups in total. The number of carbonyl (C=O) groups is 1. The smallest absolute Gasteiger partial charge is 0.267 e. The number of ether oxygens (including phenoxy) is 2. The predicted molar refractivity (Wildman–Crippen MR) is 89.1 cm³/mol. The average Bonchev–Trinajstić information content (AvgIpc) is 3.29. The summed E-state index contributed by atoms with van der Waals surface area (Å²) in [5.41, 5.74) is 0. The van der Waals surface area contributed by atoms with E-state index in [9.17, 15) is 4.79 Å². The van der Waals surface area contributed by atoms with Crippen LogP contribution in [0.2, 0.25) is 0 Å². The maximum atomic E-state index is 12.9. The van der Waals surface area contributed by atoms with E-state index >= 15 is 0 Å². The van der Waals surface area contributed by atoms with Gasteiger partial charge in [0.2, 0.25) is 6.10 Å². The van der Waals surface area contributed by atoms with E-state index in [-0.39, 0.29) is 12.5 Å². The molecule has 2 aromatic rings. The molecule has 0 radical (unpaired) electrons. The maximum absolute atomic E-state index is 12.9. The van der Waals surface area contributed by atoms with Crippen molar-refractivity contribution in [2.24, 2.45) is 0 Å². The van der Waals surface area contributed by atoms with E-state index in [1.807, 2.05) is 29.2 Å². The lowest BCUT2D eigenvalue weighted by Crippen LogP contribution is -2.48. The first-order chi connectivity index (χ1) is 11.3. The van der Waals surface area contributed by atoms with Crippen LogP contribution in [0, 0.1) is 0 Å². The van der Waals surface area contributed by atoms with Crippen molar-refractivity contribution in [3.05, 3.63) is 46.7 Å². The molecular formula is C18H19NO3S. The Kier molecular flexibility index (Phi) is 3.95. The minimum atomic E-state index is -0.533. The van der Waals surface area contributed by atoms with Gasteiger partial charge < -0.3 is 14.4 Å². The third-order valence-corrected chi connectivity index (χ3v) is 5.17. The number of rotatable bonds is 5. The van der Waals surface area contributed by atoms with E-state index < -0.39 is 6.10 Å². The van der Waals surface area contributed by atoms with Gasteiger partial charge in [0.05, 0.1) is 0 Å². The fourth-order valence-corrected chi connectivity index (χ4v) is 3.57. The van der Waals surface area contributed by atoms with Gasteiger partial charge in [-0.3, -0.25) is 4.79 Å². The van der Waals surface area contributed by atoms with Gasteiger partial charge in [0, 0.05) is 17.5 Å². The van der Waals surface area contributed by atoms with Crippen molar-refractivity contribution in [2.75, 3.05) is 13.2 Å². The van der Waals surface area contributed by atoms with E-state index in [4.69, 9.17) is 9.47 Å². The van der Waals surface area contributed by atoms with Gasteiger partial charge in [-0.2, -0.15) is 0 Å². The van der Waals surface area contributed by atoms with Gasteiger partial charge in [-0.15, -0.1) is 11.3 Å². The number of fused-ring (bicyclic) bond motifs is 1. The van der Waals surface area contributed by atoms with E-state index in [2.05, 4.69) is 17.5 Å². The molecule has 1 saturated carbocycles. The van der Waals surface area contributed by atoms with Crippen LogP contribution < -0.4 is 9.47 Å². The Morgan fingerprint density at radius 2 is 2.00 bits per heavy atom. The highest BCUT2D eigenvalue weighted by molar-refractivity contribution is 7.09. The van der Waals surface area contributed by atoms with Crippen LogP contribution in [0.5, 0.6) is 11.5 Å². The normalized spacial score (nSPS) is 19.4. The Balaban J connectivity index is 1.43. The van der Waals surface area contributed by atoms with E-state index in [0.29, 0.717) is 17.5 Å². The van der Waals surface area contributed by atoms with Gasteiger partial charge >= 0.3 is 0 Å². The summed E-state index contributed by atoms with van der Waals surface area (Å²) in [4.78, 5) is 16.2. The first-order valence-electron chi connectivity index (χ1n) is 8.02. The van der Waals surface area contributed by atoms with Crippen LogP contribution in [-0.4, -0.2) is 36.1 Å². The van der Waals surface area contributed by atoms with Crippen LogP contribution in [0.15, 0.2) is 41.8 Å². The summed E-state index contributed by atoms with van der Waals surface area (Å²) in [6, 6.07) is 12.1. The van der Waals surface area contributed by atoms with Gasteiger partial charge in [-0.05, 0) is 42.8 Å². The van der Waals surface area contributed by atoms with Crippen molar-refractivity contribution in [1.82, 2.24) is 4.90 Å². The lowest BCUT2D eigenvalue weighted by molar-refractivity contribution is -0.141. The number of hydrogen-bond acceptors (Lipinski definition) is 4. The summed E-state index contributed by atoms with van der Waals surface area (Å²) in [7, 11) is 0. The zero-order chi connectivity index (χ0) is 15.6. The molecule has 1 aliphatic carbocycles. The summed E-state index contributed by atoms with van der Waals surface area (Å²) in [5, 5.41) is 2.08. The van der Waals surface area contributed by atoms with Gasteiger partial charge in [-0.25, -0.2) is 0 Å². The lowest BCUT2D eigenvalue weighted by atomic mass is 10.2. The topological polar surface area (TPSA) is 38.8 Å². The second-order valence-corrected chi connectivity index (χ2v) is 6.99. The number of carbonyl (C=O) groups excluding carboxylic acids is 1. The van der Waals surface area contributed by atoms with E-state index in [1.165, 1.54) is 4.88 Å². The molecule has 1 aromatic heterocycles. The van der Waals surface area contributed by atoms with Crippen LogP contribution >= 0.6 is 11.3 Å². The van der Waals surface area contributed by atoms with Crippen LogP contribution in [0.3, 0.4) is 0 Å². The van der Waals surface area contributed by atoms with Gasteiger partial charge in [0.25, 0.3) is 5.91 Å². The van der Waals surface area contributed by atoms with Gasteiger partial charge in [-0.1, -0.05) is 18.2 Å². The number of benzene rings is 1. The molecule has 4 rings (SSSR count). The minimum absolute atomic E-state index is 0.0542. The SMILES string of the molecule is O=C(C1COc2ccccc2O1)N(CCc1cccs1)C1CC1. The van der Waals surface area contributed by atoms with Crippen molar-refractivity contribution in [2.45, 2.75) is 31.4 Å². The molecular weight excluding hydrogens is 310 g/mol. The lowest BCUT2D eigenvalue weighted by Gasteiger charge is -2.30. The van der Waals surface area contributed by atoms with Crippen LogP contribution in [0.4, 0.5) is 0 Å². The zero-order valence-electron chi connectivity index (χ0n) is 12.8. The summed E-state index contributed by atoms with van der Waals surface area (Å²) < 4.78 is 11.6. The second-order valence-electron chi connectivity index (χ2n) is 5.96. The molecule has 2 aliphatic rings. The molecule has 0 bridgehead atoms. The van der Waals surface area contributed by atoms with Crippen molar-refractivity contribution < 1.29 is 14.3 Å². The monoisotopic (exact) mass is 329 g/mol. The van der Waals surface area contributed by atoms with Crippen molar-refractivity contribution in [3.8, 4) is 11.5 Å². The number of thiophene rings is 1. The molecule has 1 aromatic carbocycles. The van der Waals surface area contributed by atoms with Crippen LogP contribution in [0.1, 0.15) is 17.7 Å². The molecule has 1 atom stereocenters. The molecule has 0 saturated heterocycles. The third kappa shape index (κ3) is 3.20. The molecule has 120 valence electrons. The van der Waals surface area contributed by atoms with Gasteiger partial charge in [0.15, 0.2) is 11.5 Å². The molecule has 1 aliphatic heterocycles. The fourth-order valence-electron chi connectivity index (χ4n) is 2.87. The van der Waals surface area contributed by atoms with Crippen LogP contribution in [0.25, 0.3) is 0 Å². The maximum Gasteiger partial charge on any atom is 0.267 e. The minimum Gasteiger partial charge on any atom is -0.485 e. The molecule has 0 spiro atoms. The molecule has 2 heterocycles. The van der Waals surface area contributed by atoms with Crippen LogP contribution in [-0.2, 0) is 11.2 Å². The Hall–Kier alpha value is -2.01. The largest absolute Gasteiger partial charge is 0.485 e. The highest BCUT2D eigenvalue weighted by atomic mass is 32.1. The zero-order valence-corrected chi connectivity index (χ0v) is 13.6. The molecule has 1 fully saturated rings. The molecule has 23 heavy (non-hydrogen) atoms. The molecule has 1 amide bonds. The second kappa shape index (κ2) is 6.24. The third-order valence-electron chi connectivity index (χ3n) is 4.23. The summed E-state index contributed by atoms with van der Waals surface area (Å²) in [6.07, 6.45) is 2.57. The standard InChI is InChI=1S/C18H19NO3S/c20-18(17-12-21-15-5-1-2-6-16(15)22-17)19(13-7-8-13)10-9-14-4-3-11-23-14/h1-6,11,13,17H,7-10,12H2. The first-order valence-corrected chi connectivity index (χ1v) is 8.90. The Bertz CT molecular complexity index is 681.